The molecule has 5 nitrogen and oxygen atoms in total. The predicted molar refractivity (Wildman–Crippen MR) is 98.1 cm³/mol. The molecule has 0 unspecified atom stereocenters. The Morgan fingerprint density at radius 2 is 1.72 bits per heavy atom. The van der Waals surface area contributed by atoms with Crippen molar-refractivity contribution >= 4 is 11.6 Å². The third kappa shape index (κ3) is 2.43. The summed E-state index contributed by atoms with van der Waals surface area (Å²) in [5.41, 5.74) is 5.83. The van der Waals surface area contributed by atoms with E-state index in [9.17, 15) is 4.79 Å². The van der Waals surface area contributed by atoms with Crippen LogP contribution in [0, 0.1) is 0 Å². The molecule has 3 aromatic rings. The average Bonchev–Trinajstić information content (AvgIpc) is 3.03. The van der Waals surface area contributed by atoms with Crippen molar-refractivity contribution in [1.82, 2.24) is 15.0 Å². The maximum Gasteiger partial charge on any atom is 0.224 e. The van der Waals surface area contributed by atoms with E-state index in [0.717, 1.165) is 33.8 Å². The number of amides is 1. The van der Waals surface area contributed by atoms with Crippen LogP contribution in [0.5, 0.6) is 0 Å². The standard InChI is InChI=1S/C20H20N4O/c1-13(2)24-20-17-10-6-7-11-18(17)23(14(3)25)12-15-8-4-5-9-16(15)19(20)21-22-24/h4-11,13H,12H2,1-3H3. The van der Waals surface area contributed by atoms with Gasteiger partial charge in [0.05, 0.1) is 17.9 Å². The smallest absolute Gasteiger partial charge is 0.224 e. The molecule has 0 N–H and O–H groups in total. The second-order valence-corrected chi connectivity index (χ2v) is 6.60. The summed E-state index contributed by atoms with van der Waals surface area (Å²) >= 11 is 0. The number of hydrogen-bond donors (Lipinski definition) is 0. The number of para-hydroxylation sites is 1. The Hall–Kier alpha value is -2.95. The fourth-order valence-electron chi connectivity index (χ4n) is 3.42. The first-order valence-electron chi connectivity index (χ1n) is 8.49. The van der Waals surface area contributed by atoms with Crippen molar-refractivity contribution in [3.63, 3.8) is 0 Å². The lowest BCUT2D eigenvalue weighted by Gasteiger charge is -2.28. The molecule has 2 aromatic carbocycles. The van der Waals surface area contributed by atoms with E-state index in [-0.39, 0.29) is 11.9 Å². The van der Waals surface area contributed by atoms with Crippen LogP contribution in [0.2, 0.25) is 0 Å². The Morgan fingerprint density at radius 3 is 2.44 bits per heavy atom. The number of carbonyl (C=O) groups excluding carboxylic acids is 1. The van der Waals surface area contributed by atoms with Crippen LogP contribution < -0.4 is 4.90 Å². The Kier molecular flexibility index (Phi) is 3.64. The molecule has 2 heterocycles. The lowest BCUT2D eigenvalue weighted by Crippen LogP contribution is -2.29. The van der Waals surface area contributed by atoms with Gasteiger partial charge in [-0.1, -0.05) is 47.7 Å². The summed E-state index contributed by atoms with van der Waals surface area (Å²) < 4.78 is 1.94. The number of nitrogens with zero attached hydrogens (tertiary/aromatic N) is 4. The zero-order chi connectivity index (χ0) is 17.6. The predicted octanol–water partition coefficient (Wildman–Crippen LogP) is 4.06. The fourth-order valence-corrected chi connectivity index (χ4v) is 3.42. The molecule has 1 aromatic heterocycles. The largest absolute Gasteiger partial charge is 0.308 e. The molecule has 0 saturated heterocycles. The Bertz CT molecular complexity index is 958. The van der Waals surface area contributed by atoms with Gasteiger partial charge in [0.25, 0.3) is 0 Å². The van der Waals surface area contributed by atoms with Crippen LogP contribution in [0.1, 0.15) is 32.4 Å². The minimum absolute atomic E-state index is 0.0225. The Morgan fingerprint density at radius 1 is 1.04 bits per heavy atom. The summed E-state index contributed by atoms with van der Waals surface area (Å²) in [4.78, 5) is 14.2. The molecule has 126 valence electrons. The average molecular weight is 332 g/mol. The van der Waals surface area contributed by atoms with E-state index in [1.807, 2.05) is 46.0 Å². The highest BCUT2D eigenvalue weighted by Gasteiger charge is 2.28. The number of fused-ring (bicyclic) bond motifs is 5. The number of carbonyl (C=O) groups is 1. The molecular weight excluding hydrogens is 312 g/mol. The van der Waals surface area contributed by atoms with Crippen LogP contribution in [0.3, 0.4) is 0 Å². The van der Waals surface area contributed by atoms with E-state index in [0.29, 0.717) is 6.54 Å². The zero-order valence-electron chi connectivity index (χ0n) is 14.6. The number of anilines is 1. The third-order valence-electron chi connectivity index (χ3n) is 4.61. The van der Waals surface area contributed by atoms with E-state index < -0.39 is 0 Å². The summed E-state index contributed by atoms with van der Waals surface area (Å²) in [6.45, 7) is 6.31. The van der Waals surface area contributed by atoms with E-state index in [4.69, 9.17) is 0 Å². The molecule has 4 rings (SSSR count). The van der Waals surface area contributed by atoms with Gasteiger partial charge in [-0.3, -0.25) is 4.79 Å². The van der Waals surface area contributed by atoms with Gasteiger partial charge in [-0.05, 0) is 25.5 Å². The third-order valence-corrected chi connectivity index (χ3v) is 4.61. The maximum atomic E-state index is 12.4. The molecule has 5 heteroatoms. The molecule has 1 amide bonds. The molecule has 1 aliphatic rings. The van der Waals surface area contributed by atoms with E-state index in [1.54, 1.807) is 6.92 Å². The Labute approximate surface area is 146 Å². The monoisotopic (exact) mass is 332 g/mol. The van der Waals surface area contributed by atoms with Crippen LogP contribution in [0.4, 0.5) is 5.69 Å². The second-order valence-electron chi connectivity index (χ2n) is 6.60. The first-order valence-corrected chi connectivity index (χ1v) is 8.49. The highest BCUT2D eigenvalue weighted by atomic mass is 16.2. The minimum Gasteiger partial charge on any atom is -0.308 e. The van der Waals surface area contributed by atoms with Crippen LogP contribution in [0.25, 0.3) is 22.5 Å². The molecule has 25 heavy (non-hydrogen) atoms. The molecule has 0 spiro atoms. The summed E-state index contributed by atoms with van der Waals surface area (Å²) in [5, 5.41) is 8.91. The van der Waals surface area contributed by atoms with Crippen LogP contribution in [-0.2, 0) is 11.3 Å². The first kappa shape index (κ1) is 15.6. The second kappa shape index (κ2) is 5.84. The van der Waals surface area contributed by atoms with Crippen molar-refractivity contribution in [3.05, 3.63) is 54.1 Å². The van der Waals surface area contributed by atoms with Gasteiger partial charge in [-0.25, -0.2) is 4.68 Å². The van der Waals surface area contributed by atoms with Crippen molar-refractivity contribution in [3.8, 4) is 22.5 Å². The molecular formula is C20H20N4O. The van der Waals surface area contributed by atoms with Gasteiger partial charge in [-0.2, -0.15) is 0 Å². The first-order chi connectivity index (χ1) is 12.1. The SMILES string of the molecule is CC(=O)N1Cc2ccccc2-c2nnn(C(C)C)c2-c2ccccc21. The van der Waals surface area contributed by atoms with Crippen molar-refractivity contribution in [1.29, 1.82) is 0 Å². The van der Waals surface area contributed by atoms with Crippen LogP contribution >= 0.6 is 0 Å². The molecule has 0 atom stereocenters. The molecule has 0 bridgehead atoms. The van der Waals surface area contributed by atoms with Crippen molar-refractivity contribution < 1.29 is 4.79 Å². The summed E-state index contributed by atoms with van der Waals surface area (Å²) in [6.07, 6.45) is 0. The van der Waals surface area contributed by atoms with Gasteiger partial charge in [0.15, 0.2) is 0 Å². The lowest BCUT2D eigenvalue weighted by atomic mass is 9.95. The summed E-state index contributed by atoms with van der Waals surface area (Å²) in [6, 6.07) is 16.3. The molecule has 0 saturated carbocycles. The number of rotatable bonds is 1. The van der Waals surface area contributed by atoms with Crippen LogP contribution in [-0.4, -0.2) is 20.9 Å². The van der Waals surface area contributed by atoms with Gasteiger partial charge in [0, 0.05) is 24.1 Å². The van der Waals surface area contributed by atoms with Crippen molar-refractivity contribution in [2.24, 2.45) is 0 Å². The Balaban J connectivity index is 2.11. The van der Waals surface area contributed by atoms with E-state index in [2.05, 4.69) is 36.3 Å². The summed E-state index contributed by atoms with van der Waals surface area (Å²) in [7, 11) is 0. The van der Waals surface area contributed by atoms with Gasteiger partial charge in [-0.15, -0.1) is 5.10 Å². The molecule has 0 aliphatic carbocycles. The quantitative estimate of drug-likeness (QED) is 0.675. The highest BCUT2D eigenvalue weighted by Crippen LogP contribution is 2.41. The minimum atomic E-state index is 0.0225. The van der Waals surface area contributed by atoms with Crippen LogP contribution in [0.15, 0.2) is 48.5 Å². The highest BCUT2D eigenvalue weighted by molar-refractivity contribution is 5.99. The summed E-state index contributed by atoms with van der Waals surface area (Å²) in [5.74, 6) is 0.0225. The lowest BCUT2D eigenvalue weighted by molar-refractivity contribution is -0.116. The van der Waals surface area contributed by atoms with Gasteiger partial charge < -0.3 is 4.90 Å². The molecule has 0 radical (unpaired) electrons. The van der Waals surface area contributed by atoms with Gasteiger partial charge in [0.2, 0.25) is 5.91 Å². The fraction of sp³-hybridized carbons (Fsp3) is 0.250. The number of aromatic nitrogens is 3. The normalized spacial score (nSPS) is 12.9. The van der Waals surface area contributed by atoms with E-state index >= 15 is 0 Å². The van der Waals surface area contributed by atoms with Gasteiger partial charge in [0.1, 0.15) is 5.69 Å². The van der Waals surface area contributed by atoms with Gasteiger partial charge >= 0.3 is 0 Å². The van der Waals surface area contributed by atoms with Crippen molar-refractivity contribution in [2.45, 2.75) is 33.4 Å². The van der Waals surface area contributed by atoms with E-state index in [1.165, 1.54) is 0 Å². The zero-order valence-corrected chi connectivity index (χ0v) is 14.6. The van der Waals surface area contributed by atoms with Crippen molar-refractivity contribution in [2.75, 3.05) is 4.90 Å². The molecule has 1 aliphatic heterocycles. The maximum absolute atomic E-state index is 12.4. The number of hydrogen-bond acceptors (Lipinski definition) is 3. The topological polar surface area (TPSA) is 51.0 Å². The molecule has 0 fully saturated rings. The number of benzene rings is 2.